The van der Waals surface area contributed by atoms with Crippen LogP contribution in [0.1, 0.15) is 30.8 Å². The summed E-state index contributed by atoms with van der Waals surface area (Å²) in [6, 6.07) is 7.70. The molecule has 1 aromatic carbocycles. The van der Waals surface area contributed by atoms with E-state index in [2.05, 4.69) is 41.5 Å². The molecule has 1 aromatic heterocycles. The highest BCUT2D eigenvalue weighted by Crippen LogP contribution is 2.24. The van der Waals surface area contributed by atoms with Gasteiger partial charge in [0, 0.05) is 25.8 Å². The fourth-order valence-corrected chi connectivity index (χ4v) is 3.12. The monoisotopic (exact) mass is 519 g/mol. The lowest BCUT2D eigenvalue weighted by Gasteiger charge is -2.21. The Morgan fingerprint density at radius 3 is 2.54 bits per heavy atom. The topological polar surface area (TPSA) is 63.5 Å². The van der Waals surface area contributed by atoms with Gasteiger partial charge in [-0.15, -0.1) is 24.0 Å². The molecule has 2 aromatic rings. The van der Waals surface area contributed by atoms with E-state index in [1.54, 1.807) is 7.05 Å². The van der Waals surface area contributed by atoms with Crippen LogP contribution >= 0.6 is 35.6 Å². The van der Waals surface area contributed by atoms with Gasteiger partial charge in [0.15, 0.2) is 5.96 Å². The molecule has 0 radical (unpaired) electrons. The third kappa shape index (κ3) is 6.84. The van der Waals surface area contributed by atoms with Crippen molar-refractivity contribution in [2.75, 3.05) is 13.6 Å². The maximum absolute atomic E-state index is 6.14. The zero-order valence-electron chi connectivity index (χ0n) is 17.4. The molecule has 0 saturated carbocycles. The summed E-state index contributed by atoms with van der Waals surface area (Å²) in [7, 11) is 3.74. The van der Waals surface area contributed by atoms with E-state index in [-0.39, 0.29) is 36.1 Å². The predicted molar refractivity (Wildman–Crippen MR) is 127 cm³/mol. The molecule has 2 N–H and O–H groups in total. The van der Waals surface area contributed by atoms with Crippen LogP contribution in [0.15, 0.2) is 29.3 Å². The Labute approximate surface area is 190 Å². The van der Waals surface area contributed by atoms with Crippen molar-refractivity contribution < 1.29 is 4.74 Å². The van der Waals surface area contributed by atoms with E-state index in [0.717, 1.165) is 18.1 Å². The Morgan fingerprint density at radius 1 is 1.29 bits per heavy atom. The summed E-state index contributed by atoms with van der Waals surface area (Å²) in [5.41, 5.74) is 3.56. The number of guanidine groups is 1. The minimum Gasteiger partial charge on any atom is -0.487 e. The standard InChI is InChI=1S/C20H30ClN5O.HI/c1-13(11-17-15(3)25-26(6)16(17)4)24-20(22-5)23-12-14(2)27-19-10-8-7-9-18(19)21;/h7-10,13-14H,11-12H2,1-6H3,(H2,22,23,24);1H. The van der Waals surface area contributed by atoms with Gasteiger partial charge in [0.25, 0.3) is 0 Å². The Morgan fingerprint density at radius 2 is 1.96 bits per heavy atom. The minimum absolute atomic E-state index is 0. The van der Waals surface area contributed by atoms with Crippen LogP contribution in [0.2, 0.25) is 5.02 Å². The first-order chi connectivity index (χ1) is 12.8. The number of aliphatic imine (C=N–C) groups is 1. The van der Waals surface area contributed by atoms with Crippen molar-refractivity contribution >= 4 is 41.5 Å². The molecular weight excluding hydrogens is 489 g/mol. The zero-order valence-corrected chi connectivity index (χ0v) is 20.5. The third-order valence-corrected chi connectivity index (χ3v) is 4.81. The van der Waals surface area contributed by atoms with Crippen LogP contribution in [0, 0.1) is 13.8 Å². The van der Waals surface area contributed by atoms with Crippen molar-refractivity contribution in [1.29, 1.82) is 0 Å². The normalized spacial score (nSPS) is 13.5. The van der Waals surface area contributed by atoms with Gasteiger partial charge in [-0.05, 0) is 51.8 Å². The van der Waals surface area contributed by atoms with E-state index in [1.165, 1.54) is 11.3 Å². The van der Waals surface area contributed by atoms with Gasteiger partial charge in [-0.1, -0.05) is 23.7 Å². The zero-order chi connectivity index (χ0) is 20.0. The summed E-state index contributed by atoms with van der Waals surface area (Å²) in [5, 5.41) is 11.8. The fourth-order valence-electron chi connectivity index (χ4n) is 2.94. The van der Waals surface area contributed by atoms with E-state index in [1.807, 2.05) is 42.9 Å². The molecule has 2 rings (SSSR count). The summed E-state index contributed by atoms with van der Waals surface area (Å²) in [4.78, 5) is 4.31. The van der Waals surface area contributed by atoms with Crippen molar-refractivity contribution in [3.63, 3.8) is 0 Å². The average molecular weight is 520 g/mol. The highest BCUT2D eigenvalue weighted by atomic mass is 127. The van der Waals surface area contributed by atoms with Gasteiger partial charge >= 0.3 is 0 Å². The number of rotatable bonds is 7. The van der Waals surface area contributed by atoms with Crippen molar-refractivity contribution in [3.05, 3.63) is 46.2 Å². The summed E-state index contributed by atoms with van der Waals surface area (Å²) in [5.74, 6) is 1.43. The summed E-state index contributed by atoms with van der Waals surface area (Å²) in [6.45, 7) is 8.90. The first kappa shape index (κ1) is 24.6. The fraction of sp³-hybridized carbons (Fsp3) is 0.500. The SMILES string of the molecule is CN=C(NCC(C)Oc1ccccc1Cl)NC(C)Cc1c(C)nn(C)c1C.I. The van der Waals surface area contributed by atoms with Crippen LogP contribution in [0.5, 0.6) is 5.75 Å². The largest absolute Gasteiger partial charge is 0.487 e. The number of para-hydroxylation sites is 1. The van der Waals surface area contributed by atoms with Gasteiger partial charge in [0.05, 0.1) is 17.3 Å². The van der Waals surface area contributed by atoms with Gasteiger partial charge in [0.2, 0.25) is 0 Å². The molecule has 6 nitrogen and oxygen atoms in total. The Hall–Kier alpha value is -1.48. The van der Waals surface area contributed by atoms with Gasteiger partial charge in [-0.3, -0.25) is 9.67 Å². The molecule has 0 aliphatic heterocycles. The average Bonchev–Trinajstić information content (AvgIpc) is 2.86. The highest BCUT2D eigenvalue weighted by Gasteiger charge is 2.14. The molecular formula is C20H31ClIN5O. The molecule has 0 amide bonds. The van der Waals surface area contributed by atoms with E-state index in [0.29, 0.717) is 17.3 Å². The molecule has 0 bridgehead atoms. The number of hydrogen-bond donors (Lipinski definition) is 2. The maximum atomic E-state index is 6.14. The minimum atomic E-state index is -0.0541. The van der Waals surface area contributed by atoms with Crippen molar-refractivity contribution in [2.24, 2.45) is 12.0 Å². The number of aryl methyl sites for hydroxylation is 2. The molecule has 1 heterocycles. The molecule has 2 unspecified atom stereocenters. The molecule has 0 aliphatic carbocycles. The number of aromatic nitrogens is 2. The van der Waals surface area contributed by atoms with E-state index < -0.39 is 0 Å². The number of hydrogen-bond acceptors (Lipinski definition) is 3. The third-order valence-electron chi connectivity index (χ3n) is 4.50. The van der Waals surface area contributed by atoms with Crippen LogP contribution in [-0.2, 0) is 13.5 Å². The van der Waals surface area contributed by atoms with Crippen LogP contribution in [-0.4, -0.2) is 41.5 Å². The lowest BCUT2D eigenvalue weighted by molar-refractivity contribution is 0.224. The smallest absolute Gasteiger partial charge is 0.191 e. The highest BCUT2D eigenvalue weighted by molar-refractivity contribution is 14.0. The predicted octanol–water partition coefficient (Wildman–Crippen LogP) is 3.87. The van der Waals surface area contributed by atoms with E-state index >= 15 is 0 Å². The van der Waals surface area contributed by atoms with Crippen molar-refractivity contribution in [3.8, 4) is 5.75 Å². The quantitative estimate of drug-likeness (QED) is 0.331. The van der Waals surface area contributed by atoms with Crippen molar-refractivity contribution in [2.45, 2.75) is 46.3 Å². The molecule has 0 saturated heterocycles. The van der Waals surface area contributed by atoms with Gasteiger partial charge in [0.1, 0.15) is 11.9 Å². The molecule has 0 spiro atoms. The van der Waals surface area contributed by atoms with E-state index in [4.69, 9.17) is 16.3 Å². The van der Waals surface area contributed by atoms with Crippen LogP contribution < -0.4 is 15.4 Å². The Kier molecular flexibility index (Phi) is 10.1. The number of ether oxygens (including phenoxy) is 1. The molecule has 8 heteroatoms. The molecule has 0 fully saturated rings. The number of benzene rings is 1. The number of nitrogens with zero attached hydrogens (tertiary/aromatic N) is 3. The van der Waals surface area contributed by atoms with Crippen molar-refractivity contribution in [1.82, 2.24) is 20.4 Å². The summed E-state index contributed by atoms with van der Waals surface area (Å²) in [6.07, 6.45) is 0.833. The lowest BCUT2D eigenvalue weighted by atomic mass is 10.1. The molecule has 0 aliphatic rings. The Bertz CT molecular complexity index is 793. The molecule has 28 heavy (non-hydrogen) atoms. The first-order valence-corrected chi connectivity index (χ1v) is 9.57. The molecule has 2 atom stereocenters. The van der Waals surface area contributed by atoms with Crippen LogP contribution in [0.25, 0.3) is 0 Å². The second kappa shape index (κ2) is 11.5. The summed E-state index contributed by atoms with van der Waals surface area (Å²) < 4.78 is 7.82. The number of halogens is 2. The lowest BCUT2D eigenvalue weighted by Crippen LogP contribution is -2.45. The molecule has 156 valence electrons. The van der Waals surface area contributed by atoms with E-state index in [9.17, 15) is 0 Å². The summed E-state index contributed by atoms with van der Waals surface area (Å²) >= 11 is 6.14. The van der Waals surface area contributed by atoms with Gasteiger partial charge in [-0.25, -0.2) is 0 Å². The maximum Gasteiger partial charge on any atom is 0.191 e. The van der Waals surface area contributed by atoms with Gasteiger partial charge in [-0.2, -0.15) is 5.10 Å². The number of nitrogens with one attached hydrogen (secondary N) is 2. The van der Waals surface area contributed by atoms with Crippen LogP contribution in [0.4, 0.5) is 0 Å². The van der Waals surface area contributed by atoms with Crippen LogP contribution in [0.3, 0.4) is 0 Å². The van der Waals surface area contributed by atoms with Gasteiger partial charge < -0.3 is 15.4 Å². The second-order valence-corrected chi connectivity index (χ2v) is 7.24. The second-order valence-electron chi connectivity index (χ2n) is 6.83. The first-order valence-electron chi connectivity index (χ1n) is 9.19. The Balaban J connectivity index is 0.00000392.